The zero-order valence-electron chi connectivity index (χ0n) is 26.0. The first-order chi connectivity index (χ1) is 21.2. The van der Waals surface area contributed by atoms with Gasteiger partial charge in [0.1, 0.15) is 24.1 Å². The summed E-state index contributed by atoms with van der Waals surface area (Å²) in [5.74, 6) is 0.513. The zero-order chi connectivity index (χ0) is 31.7. The topological polar surface area (TPSA) is 105 Å². The van der Waals surface area contributed by atoms with E-state index in [2.05, 4.69) is 5.32 Å². The quantitative estimate of drug-likeness (QED) is 0.272. The first kappa shape index (κ1) is 32.9. The average molecular weight is 622 g/mol. The van der Waals surface area contributed by atoms with Crippen molar-refractivity contribution in [1.82, 2.24) is 10.2 Å². The van der Waals surface area contributed by atoms with Gasteiger partial charge in [0.05, 0.1) is 24.8 Å². The number of benzene rings is 3. The van der Waals surface area contributed by atoms with E-state index in [4.69, 9.17) is 9.47 Å². The van der Waals surface area contributed by atoms with Crippen molar-refractivity contribution in [1.29, 1.82) is 0 Å². The molecule has 44 heavy (non-hydrogen) atoms. The second kappa shape index (κ2) is 15.1. The molecule has 0 unspecified atom stereocenters. The van der Waals surface area contributed by atoms with Gasteiger partial charge in [-0.2, -0.15) is 0 Å². The fourth-order valence-corrected chi connectivity index (χ4v) is 6.92. The Hall–Kier alpha value is -4.05. The van der Waals surface area contributed by atoms with Gasteiger partial charge in [-0.05, 0) is 80.3 Å². The van der Waals surface area contributed by atoms with Crippen molar-refractivity contribution < 1.29 is 27.5 Å². The summed E-state index contributed by atoms with van der Waals surface area (Å²) < 4.78 is 39.8. The summed E-state index contributed by atoms with van der Waals surface area (Å²) in [4.78, 5) is 29.5. The lowest BCUT2D eigenvalue weighted by Gasteiger charge is -2.34. The van der Waals surface area contributed by atoms with Crippen LogP contribution in [0, 0.1) is 6.92 Å². The van der Waals surface area contributed by atoms with E-state index in [9.17, 15) is 18.0 Å². The molecule has 0 aromatic heterocycles. The van der Waals surface area contributed by atoms with E-state index in [1.165, 1.54) is 24.1 Å². The third kappa shape index (κ3) is 8.11. The largest absolute Gasteiger partial charge is 0.497 e. The third-order valence-electron chi connectivity index (χ3n) is 8.10. The Morgan fingerprint density at radius 3 is 1.98 bits per heavy atom. The molecule has 1 atom stereocenters. The number of carbonyl (C=O) groups excluding carboxylic acids is 2. The van der Waals surface area contributed by atoms with Crippen LogP contribution in [0.15, 0.2) is 77.7 Å². The number of hydrogen-bond acceptors (Lipinski definition) is 6. The van der Waals surface area contributed by atoms with Gasteiger partial charge in [-0.15, -0.1) is 0 Å². The SMILES string of the molecule is CC[C@@H](C(=O)NC1CCCCC1)N(Cc1ccc(OC)cc1)C(=O)CN(c1ccc(OC)cc1)S(=O)(=O)c1ccc(C)cc1. The van der Waals surface area contributed by atoms with Gasteiger partial charge in [-0.1, -0.05) is 56.0 Å². The van der Waals surface area contributed by atoms with Crippen molar-refractivity contribution in [2.24, 2.45) is 0 Å². The van der Waals surface area contributed by atoms with Crippen molar-refractivity contribution in [2.45, 2.75) is 75.9 Å². The molecule has 10 heteroatoms. The third-order valence-corrected chi connectivity index (χ3v) is 9.89. The first-order valence-electron chi connectivity index (χ1n) is 15.1. The van der Waals surface area contributed by atoms with E-state index in [1.54, 1.807) is 55.6 Å². The Labute approximate surface area is 261 Å². The van der Waals surface area contributed by atoms with Gasteiger partial charge in [0.2, 0.25) is 11.8 Å². The smallest absolute Gasteiger partial charge is 0.264 e. The fraction of sp³-hybridized carbons (Fsp3) is 0.412. The van der Waals surface area contributed by atoms with Gasteiger partial charge in [0.25, 0.3) is 10.0 Å². The maximum atomic E-state index is 14.3. The molecule has 0 bridgehead atoms. The van der Waals surface area contributed by atoms with Crippen LogP contribution in [-0.4, -0.2) is 58.0 Å². The number of aryl methyl sites for hydroxylation is 1. The normalized spacial score (nSPS) is 14.4. The first-order valence-corrected chi connectivity index (χ1v) is 16.6. The molecule has 1 saturated carbocycles. The Morgan fingerprint density at radius 2 is 1.43 bits per heavy atom. The van der Waals surface area contributed by atoms with Crippen LogP contribution in [-0.2, 0) is 26.2 Å². The lowest BCUT2D eigenvalue weighted by molar-refractivity contribution is -0.140. The van der Waals surface area contributed by atoms with Crippen LogP contribution in [0.1, 0.15) is 56.6 Å². The number of methoxy groups -OCH3 is 2. The molecular formula is C34H43N3O6S. The van der Waals surface area contributed by atoms with Gasteiger partial charge in [-0.25, -0.2) is 8.42 Å². The van der Waals surface area contributed by atoms with Crippen molar-refractivity contribution in [3.05, 3.63) is 83.9 Å². The van der Waals surface area contributed by atoms with Crippen LogP contribution in [0.25, 0.3) is 0 Å². The van der Waals surface area contributed by atoms with E-state index in [0.29, 0.717) is 23.6 Å². The van der Waals surface area contributed by atoms with Crippen LogP contribution < -0.4 is 19.1 Å². The molecule has 1 fully saturated rings. The van der Waals surface area contributed by atoms with E-state index in [0.717, 1.165) is 47.5 Å². The Bertz CT molecular complexity index is 1490. The van der Waals surface area contributed by atoms with E-state index in [1.807, 2.05) is 26.0 Å². The molecular weight excluding hydrogens is 578 g/mol. The summed E-state index contributed by atoms with van der Waals surface area (Å²) in [7, 11) is -1.04. The van der Waals surface area contributed by atoms with Crippen molar-refractivity contribution in [2.75, 3.05) is 25.1 Å². The zero-order valence-corrected chi connectivity index (χ0v) is 26.8. The van der Waals surface area contributed by atoms with E-state index in [-0.39, 0.29) is 23.4 Å². The van der Waals surface area contributed by atoms with E-state index >= 15 is 0 Å². The predicted octanol–water partition coefficient (Wildman–Crippen LogP) is 5.46. The maximum Gasteiger partial charge on any atom is 0.264 e. The monoisotopic (exact) mass is 621 g/mol. The molecule has 2 amide bonds. The minimum atomic E-state index is -4.15. The van der Waals surface area contributed by atoms with Crippen LogP contribution >= 0.6 is 0 Å². The highest BCUT2D eigenvalue weighted by Crippen LogP contribution is 2.27. The second-order valence-electron chi connectivity index (χ2n) is 11.2. The molecule has 0 aliphatic heterocycles. The van der Waals surface area contributed by atoms with Crippen LogP contribution in [0.3, 0.4) is 0 Å². The highest BCUT2D eigenvalue weighted by Gasteiger charge is 2.34. The molecule has 3 aromatic rings. The predicted molar refractivity (Wildman–Crippen MR) is 171 cm³/mol. The van der Waals surface area contributed by atoms with Crippen LogP contribution in [0.5, 0.6) is 11.5 Å². The number of hydrogen-bond donors (Lipinski definition) is 1. The lowest BCUT2D eigenvalue weighted by atomic mass is 9.95. The van der Waals surface area contributed by atoms with Gasteiger partial charge in [0.15, 0.2) is 0 Å². The van der Waals surface area contributed by atoms with Gasteiger partial charge in [-0.3, -0.25) is 13.9 Å². The molecule has 4 rings (SSSR count). The van der Waals surface area contributed by atoms with Gasteiger partial charge < -0.3 is 19.7 Å². The minimum absolute atomic E-state index is 0.0653. The molecule has 9 nitrogen and oxygen atoms in total. The number of anilines is 1. The van der Waals surface area contributed by atoms with Crippen molar-refractivity contribution in [3.8, 4) is 11.5 Å². The summed E-state index contributed by atoms with van der Waals surface area (Å²) in [5.41, 5.74) is 2.01. The number of ether oxygens (including phenoxy) is 2. The molecule has 0 radical (unpaired) electrons. The summed E-state index contributed by atoms with van der Waals surface area (Å²) in [6, 6.07) is 19.6. The van der Waals surface area contributed by atoms with Gasteiger partial charge in [0, 0.05) is 12.6 Å². The van der Waals surface area contributed by atoms with Gasteiger partial charge >= 0.3 is 0 Å². The molecule has 1 aliphatic rings. The summed E-state index contributed by atoms with van der Waals surface area (Å²) in [6.45, 7) is 3.37. The number of amides is 2. The minimum Gasteiger partial charge on any atom is -0.497 e. The highest BCUT2D eigenvalue weighted by molar-refractivity contribution is 7.92. The summed E-state index contributed by atoms with van der Waals surface area (Å²) in [5, 5.41) is 3.17. The molecule has 0 heterocycles. The molecule has 236 valence electrons. The van der Waals surface area contributed by atoms with Crippen LogP contribution in [0.2, 0.25) is 0 Å². The summed E-state index contributed by atoms with van der Waals surface area (Å²) in [6.07, 6.45) is 5.47. The number of carbonyl (C=O) groups is 2. The standard InChI is InChI=1S/C34H43N3O6S/c1-5-32(34(39)35-27-9-7-6-8-10-27)36(23-26-13-17-29(42-3)18-14-26)33(38)24-37(28-15-19-30(43-4)20-16-28)44(40,41)31-21-11-25(2)12-22-31/h11-22,27,32H,5-10,23-24H2,1-4H3,(H,35,39)/t32-/m0/s1. The lowest BCUT2D eigenvalue weighted by Crippen LogP contribution is -2.54. The number of nitrogens with one attached hydrogen (secondary N) is 1. The number of sulfonamides is 1. The fourth-order valence-electron chi connectivity index (χ4n) is 5.51. The molecule has 3 aromatic carbocycles. The molecule has 0 spiro atoms. The maximum absolute atomic E-state index is 14.3. The Balaban J connectivity index is 1.70. The van der Waals surface area contributed by atoms with E-state index < -0.39 is 28.5 Å². The van der Waals surface area contributed by atoms with Crippen molar-refractivity contribution >= 4 is 27.5 Å². The molecule has 1 N–H and O–H groups in total. The second-order valence-corrected chi connectivity index (χ2v) is 13.0. The number of nitrogens with zero attached hydrogens (tertiary/aromatic N) is 2. The Kier molecular flexibility index (Phi) is 11.3. The summed E-state index contributed by atoms with van der Waals surface area (Å²) >= 11 is 0. The highest BCUT2D eigenvalue weighted by atomic mass is 32.2. The number of rotatable bonds is 13. The molecule has 0 saturated heterocycles. The average Bonchev–Trinajstić information content (AvgIpc) is 3.04. The van der Waals surface area contributed by atoms with Crippen LogP contribution in [0.4, 0.5) is 5.69 Å². The molecule has 1 aliphatic carbocycles. The Morgan fingerprint density at radius 1 is 0.864 bits per heavy atom. The van der Waals surface area contributed by atoms with Crippen molar-refractivity contribution in [3.63, 3.8) is 0 Å².